The van der Waals surface area contributed by atoms with Crippen molar-refractivity contribution in [3.05, 3.63) is 63.6 Å². The lowest BCUT2D eigenvalue weighted by Gasteiger charge is -2.29. The number of hydrogen-bond donors (Lipinski definition) is 1. The maximum atomic E-state index is 13.0. The van der Waals surface area contributed by atoms with Crippen LogP contribution in [0.15, 0.2) is 46.9 Å². The van der Waals surface area contributed by atoms with E-state index in [1.54, 1.807) is 11.8 Å². The number of likely N-dealkylation sites (N-methyl/N-ethyl adjacent to an activating group) is 1. The highest BCUT2D eigenvalue weighted by Gasteiger charge is 2.26. The van der Waals surface area contributed by atoms with E-state index in [0.29, 0.717) is 18.8 Å². The molecule has 0 heterocycles. The molecular formula is C23H29BrN2O3. The van der Waals surface area contributed by atoms with E-state index in [4.69, 9.17) is 4.74 Å². The fourth-order valence-electron chi connectivity index (χ4n) is 2.98. The first-order chi connectivity index (χ1) is 13.9. The smallest absolute Gasteiger partial charge is 0.261 e. The summed E-state index contributed by atoms with van der Waals surface area (Å²) in [5.41, 5.74) is 3.26. The van der Waals surface area contributed by atoms with Gasteiger partial charge in [-0.15, -0.1) is 0 Å². The van der Waals surface area contributed by atoms with Crippen molar-refractivity contribution in [1.82, 2.24) is 10.2 Å². The van der Waals surface area contributed by atoms with Crippen LogP contribution in [0.4, 0.5) is 0 Å². The highest BCUT2D eigenvalue weighted by Crippen LogP contribution is 2.26. The molecular weight excluding hydrogens is 432 g/mol. The van der Waals surface area contributed by atoms with Crippen LogP contribution in [-0.4, -0.2) is 35.9 Å². The molecule has 0 unspecified atom stereocenters. The molecule has 0 radical (unpaired) electrons. The third kappa shape index (κ3) is 6.32. The predicted molar refractivity (Wildman–Crippen MR) is 119 cm³/mol. The fourth-order valence-corrected chi connectivity index (χ4v) is 3.52. The predicted octanol–water partition coefficient (Wildman–Crippen LogP) is 4.25. The number of halogens is 1. The van der Waals surface area contributed by atoms with E-state index >= 15 is 0 Å². The number of hydrogen-bond acceptors (Lipinski definition) is 3. The van der Waals surface area contributed by atoms with Crippen LogP contribution in [0.3, 0.4) is 0 Å². The van der Waals surface area contributed by atoms with Crippen LogP contribution in [0.25, 0.3) is 0 Å². The molecule has 0 aliphatic heterocycles. The molecule has 156 valence electrons. The molecule has 0 aromatic heterocycles. The molecule has 1 N–H and O–H groups in total. The Hall–Kier alpha value is -2.34. The van der Waals surface area contributed by atoms with Crippen molar-refractivity contribution in [2.75, 3.05) is 13.2 Å². The summed E-state index contributed by atoms with van der Waals surface area (Å²) in [6.45, 7) is 8.41. The van der Waals surface area contributed by atoms with E-state index in [-0.39, 0.29) is 18.4 Å². The first-order valence-electron chi connectivity index (χ1n) is 9.90. The van der Waals surface area contributed by atoms with E-state index in [1.165, 1.54) is 5.56 Å². The molecule has 0 spiro atoms. The van der Waals surface area contributed by atoms with Crippen LogP contribution in [0.2, 0.25) is 0 Å². The molecule has 0 bridgehead atoms. The third-order valence-electron chi connectivity index (χ3n) is 4.88. The summed E-state index contributed by atoms with van der Waals surface area (Å²) in [5, 5.41) is 2.80. The van der Waals surface area contributed by atoms with Crippen molar-refractivity contribution in [1.29, 1.82) is 0 Å². The summed E-state index contributed by atoms with van der Waals surface area (Å²) in [7, 11) is 0. The molecule has 1 atom stereocenters. The van der Waals surface area contributed by atoms with Crippen molar-refractivity contribution < 1.29 is 14.3 Å². The number of benzene rings is 2. The number of nitrogens with one attached hydrogen (secondary N) is 1. The quantitative estimate of drug-likeness (QED) is 0.608. The number of carbonyl (C=O) groups is 2. The van der Waals surface area contributed by atoms with Crippen molar-refractivity contribution in [2.45, 2.75) is 46.7 Å². The summed E-state index contributed by atoms with van der Waals surface area (Å²) in [4.78, 5) is 27.0. The van der Waals surface area contributed by atoms with Gasteiger partial charge in [0.1, 0.15) is 11.8 Å². The largest absolute Gasteiger partial charge is 0.483 e. The van der Waals surface area contributed by atoms with Crippen molar-refractivity contribution in [3.63, 3.8) is 0 Å². The summed E-state index contributed by atoms with van der Waals surface area (Å²) < 4.78 is 6.58. The number of aryl methyl sites for hydroxylation is 2. The summed E-state index contributed by atoms with van der Waals surface area (Å²) >= 11 is 3.50. The highest BCUT2D eigenvalue weighted by atomic mass is 79.9. The molecule has 6 heteroatoms. The average Bonchev–Trinajstić information content (AvgIpc) is 2.71. The third-order valence-corrected chi connectivity index (χ3v) is 5.50. The Bertz CT molecular complexity index is 854. The summed E-state index contributed by atoms with van der Waals surface area (Å²) in [6, 6.07) is 13.1. The van der Waals surface area contributed by atoms with Gasteiger partial charge in [-0.2, -0.15) is 0 Å². The van der Waals surface area contributed by atoms with Gasteiger partial charge in [-0.1, -0.05) is 37.3 Å². The van der Waals surface area contributed by atoms with Gasteiger partial charge in [0.05, 0.1) is 4.47 Å². The second-order valence-corrected chi connectivity index (χ2v) is 7.78. The van der Waals surface area contributed by atoms with Gasteiger partial charge in [0.15, 0.2) is 6.61 Å². The number of carbonyl (C=O) groups excluding carboxylic acids is 2. The lowest BCUT2D eigenvalue weighted by molar-refractivity contribution is -0.142. The van der Waals surface area contributed by atoms with E-state index in [2.05, 4.69) is 28.2 Å². The maximum absolute atomic E-state index is 13.0. The minimum absolute atomic E-state index is 0.139. The van der Waals surface area contributed by atoms with Gasteiger partial charge in [0, 0.05) is 13.1 Å². The van der Waals surface area contributed by atoms with Gasteiger partial charge < -0.3 is 15.0 Å². The second kappa shape index (κ2) is 11.0. The van der Waals surface area contributed by atoms with Crippen molar-refractivity contribution in [2.24, 2.45) is 0 Å². The Balaban J connectivity index is 2.17. The van der Waals surface area contributed by atoms with E-state index in [0.717, 1.165) is 22.0 Å². The van der Waals surface area contributed by atoms with Gasteiger partial charge in [0.2, 0.25) is 5.91 Å². The highest BCUT2D eigenvalue weighted by molar-refractivity contribution is 9.10. The van der Waals surface area contributed by atoms with Crippen LogP contribution < -0.4 is 10.1 Å². The van der Waals surface area contributed by atoms with E-state index in [1.807, 2.05) is 56.3 Å². The second-order valence-electron chi connectivity index (χ2n) is 6.93. The van der Waals surface area contributed by atoms with Crippen LogP contribution >= 0.6 is 15.9 Å². The average molecular weight is 461 g/mol. The minimum Gasteiger partial charge on any atom is -0.483 e. The summed E-state index contributed by atoms with van der Waals surface area (Å²) in [5.74, 6) is 0.193. The van der Waals surface area contributed by atoms with Crippen LogP contribution in [-0.2, 0) is 22.6 Å². The van der Waals surface area contributed by atoms with Gasteiger partial charge >= 0.3 is 0 Å². The molecule has 2 amide bonds. The lowest BCUT2D eigenvalue weighted by atomic mass is 10.1. The molecule has 0 fully saturated rings. The number of nitrogens with zero attached hydrogens (tertiary/aromatic N) is 1. The Labute approximate surface area is 181 Å². The lowest BCUT2D eigenvalue weighted by Crippen LogP contribution is -2.49. The van der Waals surface area contributed by atoms with Crippen LogP contribution in [0.1, 0.15) is 37.5 Å². The molecule has 0 saturated heterocycles. The molecule has 2 aromatic carbocycles. The Morgan fingerprint density at radius 1 is 1.17 bits per heavy atom. The van der Waals surface area contributed by atoms with E-state index in [9.17, 15) is 9.59 Å². The fraction of sp³-hybridized carbons (Fsp3) is 0.391. The number of ether oxygens (including phenoxy) is 1. The topological polar surface area (TPSA) is 58.6 Å². The zero-order chi connectivity index (χ0) is 21.4. The normalized spacial score (nSPS) is 11.6. The minimum atomic E-state index is -0.600. The Morgan fingerprint density at radius 3 is 2.52 bits per heavy atom. The zero-order valence-corrected chi connectivity index (χ0v) is 19.1. The molecule has 0 aliphatic rings. The van der Waals surface area contributed by atoms with Crippen molar-refractivity contribution in [3.8, 4) is 5.75 Å². The van der Waals surface area contributed by atoms with Gasteiger partial charge in [-0.05, 0) is 71.9 Å². The number of amides is 2. The maximum Gasteiger partial charge on any atom is 0.261 e. The van der Waals surface area contributed by atoms with Gasteiger partial charge in [0.25, 0.3) is 5.91 Å². The first kappa shape index (κ1) is 22.9. The monoisotopic (exact) mass is 460 g/mol. The van der Waals surface area contributed by atoms with Crippen LogP contribution in [0, 0.1) is 6.92 Å². The SMILES string of the molecule is CCNC(=O)[C@@H](C)N(Cc1ccccc1C)C(=O)COc1ccc(CC)cc1Br. The molecule has 2 aromatic rings. The Morgan fingerprint density at radius 2 is 1.90 bits per heavy atom. The van der Waals surface area contributed by atoms with Gasteiger partial charge in [-0.25, -0.2) is 0 Å². The summed E-state index contributed by atoms with van der Waals surface area (Å²) in [6.07, 6.45) is 0.923. The van der Waals surface area contributed by atoms with Gasteiger partial charge in [-0.3, -0.25) is 9.59 Å². The molecule has 29 heavy (non-hydrogen) atoms. The number of rotatable bonds is 9. The molecule has 0 saturated carbocycles. The van der Waals surface area contributed by atoms with Crippen LogP contribution in [0.5, 0.6) is 5.75 Å². The zero-order valence-electron chi connectivity index (χ0n) is 17.5. The molecule has 0 aliphatic carbocycles. The van der Waals surface area contributed by atoms with E-state index < -0.39 is 6.04 Å². The first-order valence-corrected chi connectivity index (χ1v) is 10.7. The standard InChI is InChI=1S/C23H29BrN2O3/c1-5-18-11-12-21(20(24)13-18)29-15-22(27)26(17(4)23(28)25-6-2)14-19-10-8-7-9-16(19)3/h7-13,17H,5-6,14-15H2,1-4H3,(H,25,28)/t17-/m1/s1. The Kier molecular flexibility index (Phi) is 8.70. The van der Waals surface area contributed by atoms with Crippen molar-refractivity contribution >= 4 is 27.7 Å². The molecule has 2 rings (SSSR count). The molecule has 5 nitrogen and oxygen atoms in total.